The standard InChI is InChI=1S/C6H8O4/c7-4-2-1-3(9-4)5-6(8)10-5/h3,5-6,8H,1-2H2. The lowest BCUT2D eigenvalue weighted by molar-refractivity contribution is -0.142. The molecule has 2 rings (SSSR count). The van der Waals surface area contributed by atoms with Crippen LogP contribution in [-0.4, -0.2) is 29.6 Å². The van der Waals surface area contributed by atoms with Crippen LogP contribution in [0.15, 0.2) is 0 Å². The van der Waals surface area contributed by atoms with Gasteiger partial charge in [0.05, 0.1) is 0 Å². The average Bonchev–Trinajstić information content (AvgIpc) is 2.42. The van der Waals surface area contributed by atoms with E-state index in [1.54, 1.807) is 0 Å². The van der Waals surface area contributed by atoms with Gasteiger partial charge < -0.3 is 14.6 Å². The van der Waals surface area contributed by atoms with Gasteiger partial charge in [-0.1, -0.05) is 0 Å². The van der Waals surface area contributed by atoms with E-state index in [0.717, 1.165) is 0 Å². The summed E-state index contributed by atoms with van der Waals surface area (Å²) in [5.41, 5.74) is 0. The Kier molecular flexibility index (Phi) is 1.18. The molecule has 2 fully saturated rings. The monoisotopic (exact) mass is 144 g/mol. The van der Waals surface area contributed by atoms with Gasteiger partial charge >= 0.3 is 5.97 Å². The van der Waals surface area contributed by atoms with Gasteiger partial charge in [0.2, 0.25) is 0 Å². The maximum atomic E-state index is 10.5. The topological polar surface area (TPSA) is 59.1 Å². The summed E-state index contributed by atoms with van der Waals surface area (Å²) in [7, 11) is 0. The van der Waals surface area contributed by atoms with Crippen LogP contribution in [0.3, 0.4) is 0 Å². The fourth-order valence-electron chi connectivity index (χ4n) is 1.17. The van der Waals surface area contributed by atoms with Crippen LogP contribution >= 0.6 is 0 Å². The molecule has 0 aromatic rings. The van der Waals surface area contributed by atoms with Crippen LogP contribution in [0.1, 0.15) is 12.8 Å². The van der Waals surface area contributed by atoms with Gasteiger partial charge in [0.25, 0.3) is 0 Å². The Hall–Kier alpha value is -0.610. The number of hydrogen-bond donors (Lipinski definition) is 1. The number of carbonyl (C=O) groups excluding carboxylic acids is 1. The Labute approximate surface area is 57.7 Å². The van der Waals surface area contributed by atoms with Crippen molar-refractivity contribution < 1.29 is 19.4 Å². The van der Waals surface area contributed by atoms with E-state index in [1.165, 1.54) is 0 Å². The number of hydrogen-bond acceptors (Lipinski definition) is 4. The maximum absolute atomic E-state index is 10.5. The van der Waals surface area contributed by atoms with E-state index in [-0.39, 0.29) is 18.2 Å². The predicted octanol–water partition coefficient (Wildman–Crippen LogP) is -0.591. The molecular weight excluding hydrogens is 136 g/mol. The molecule has 0 aromatic carbocycles. The van der Waals surface area contributed by atoms with Gasteiger partial charge in [-0.2, -0.15) is 0 Å². The first-order chi connectivity index (χ1) is 4.77. The zero-order valence-corrected chi connectivity index (χ0v) is 5.32. The molecule has 0 saturated carbocycles. The molecule has 2 aliphatic rings. The van der Waals surface area contributed by atoms with Crippen molar-refractivity contribution in [2.45, 2.75) is 31.3 Å². The largest absolute Gasteiger partial charge is 0.459 e. The third kappa shape index (κ3) is 0.892. The van der Waals surface area contributed by atoms with Crippen molar-refractivity contribution in [2.24, 2.45) is 0 Å². The van der Waals surface area contributed by atoms with E-state index in [2.05, 4.69) is 0 Å². The Balaban J connectivity index is 1.90. The van der Waals surface area contributed by atoms with Crippen molar-refractivity contribution in [3.63, 3.8) is 0 Å². The Morgan fingerprint density at radius 2 is 2.30 bits per heavy atom. The minimum atomic E-state index is -0.698. The van der Waals surface area contributed by atoms with Crippen molar-refractivity contribution in [1.82, 2.24) is 0 Å². The van der Waals surface area contributed by atoms with Crippen LogP contribution < -0.4 is 0 Å². The van der Waals surface area contributed by atoms with Crippen LogP contribution in [0.2, 0.25) is 0 Å². The number of ether oxygens (including phenoxy) is 2. The highest BCUT2D eigenvalue weighted by molar-refractivity contribution is 5.71. The van der Waals surface area contributed by atoms with E-state index < -0.39 is 6.29 Å². The summed E-state index contributed by atoms with van der Waals surface area (Å²) >= 11 is 0. The molecule has 2 heterocycles. The minimum Gasteiger partial charge on any atom is -0.459 e. The van der Waals surface area contributed by atoms with Crippen molar-refractivity contribution >= 4 is 5.97 Å². The minimum absolute atomic E-state index is 0.187. The summed E-state index contributed by atoms with van der Waals surface area (Å²) in [4.78, 5) is 10.5. The molecular formula is C6H8O4. The molecule has 0 amide bonds. The van der Waals surface area contributed by atoms with E-state index in [4.69, 9.17) is 14.6 Å². The molecule has 0 radical (unpaired) electrons. The molecule has 3 atom stereocenters. The third-order valence-electron chi connectivity index (χ3n) is 1.78. The van der Waals surface area contributed by atoms with Gasteiger partial charge in [-0.05, 0) is 6.42 Å². The van der Waals surface area contributed by atoms with E-state index in [9.17, 15) is 4.79 Å². The molecule has 0 spiro atoms. The first-order valence-corrected chi connectivity index (χ1v) is 3.30. The van der Waals surface area contributed by atoms with Crippen LogP contribution in [0.4, 0.5) is 0 Å². The molecule has 0 aliphatic carbocycles. The van der Waals surface area contributed by atoms with Gasteiger partial charge in [-0.3, -0.25) is 4.79 Å². The van der Waals surface area contributed by atoms with Crippen molar-refractivity contribution in [1.29, 1.82) is 0 Å². The van der Waals surface area contributed by atoms with Crippen LogP contribution in [-0.2, 0) is 14.3 Å². The number of rotatable bonds is 1. The van der Waals surface area contributed by atoms with Crippen molar-refractivity contribution in [3.05, 3.63) is 0 Å². The second kappa shape index (κ2) is 1.93. The average molecular weight is 144 g/mol. The quantitative estimate of drug-likeness (QED) is 0.394. The molecule has 0 bridgehead atoms. The van der Waals surface area contributed by atoms with Gasteiger partial charge in [-0.15, -0.1) is 0 Å². The van der Waals surface area contributed by atoms with E-state index in [0.29, 0.717) is 12.8 Å². The molecule has 4 heteroatoms. The van der Waals surface area contributed by atoms with Crippen molar-refractivity contribution in [2.75, 3.05) is 0 Å². The maximum Gasteiger partial charge on any atom is 0.306 e. The van der Waals surface area contributed by atoms with Crippen LogP contribution in [0, 0.1) is 0 Å². The molecule has 56 valence electrons. The number of cyclic esters (lactones) is 1. The first-order valence-electron chi connectivity index (χ1n) is 3.30. The number of carbonyl (C=O) groups is 1. The van der Waals surface area contributed by atoms with Crippen LogP contribution in [0.25, 0.3) is 0 Å². The zero-order chi connectivity index (χ0) is 7.14. The second-order valence-corrected chi connectivity index (χ2v) is 2.56. The number of aliphatic hydroxyl groups is 1. The lowest BCUT2D eigenvalue weighted by Crippen LogP contribution is -2.16. The second-order valence-electron chi connectivity index (χ2n) is 2.56. The Bertz CT molecular complexity index is 167. The summed E-state index contributed by atoms with van der Waals surface area (Å²) < 4.78 is 9.56. The number of epoxide rings is 1. The van der Waals surface area contributed by atoms with Crippen molar-refractivity contribution in [3.8, 4) is 0 Å². The fourth-order valence-corrected chi connectivity index (χ4v) is 1.17. The van der Waals surface area contributed by atoms with Crippen LogP contribution in [0.5, 0.6) is 0 Å². The Morgan fingerprint density at radius 3 is 2.70 bits per heavy atom. The SMILES string of the molecule is O=C1CCC(C2OC2O)O1. The third-order valence-corrected chi connectivity index (χ3v) is 1.78. The van der Waals surface area contributed by atoms with Gasteiger partial charge in [0.15, 0.2) is 6.29 Å². The molecule has 10 heavy (non-hydrogen) atoms. The van der Waals surface area contributed by atoms with Gasteiger partial charge in [0, 0.05) is 6.42 Å². The highest BCUT2D eigenvalue weighted by atomic mass is 16.7. The predicted molar refractivity (Wildman–Crippen MR) is 30.0 cm³/mol. The van der Waals surface area contributed by atoms with Gasteiger partial charge in [-0.25, -0.2) is 0 Å². The normalized spacial score (nSPS) is 45.3. The highest BCUT2D eigenvalue weighted by Gasteiger charge is 2.47. The lowest BCUT2D eigenvalue weighted by Gasteiger charge is -2.01. The summed E-state index contributed by atoms with van der Waals surface area (Å²) in [6.07, 6.45) is 0.00231. The van der Waals surface area contributed by atoms with E-state index in [1.807, 2.05) is 0 Å². The molecule has 1 N–H and O–H groups in total. The lowest BCUT2D eigenvalue weighted by atomic mass is 10.2. The number of aliphatic hydroxyl groups excluding tert-OH is 1. The molecule has 3 unspecified atom stereocenters. The smallest absolute Gasteiger partial charge is 0.306 e. The molecule has 4 nitrogen and oxygen atoms in total. The summed E-state index contributed by atoms with van der Waals surface area (Å²) in [5.74, 6) is -0.187. The summed E-state index contributed by atoms with van der Waals surface area (Å²) in [6.45, 7) is 0. The summed E-state index contributed by atoms with van der Waals surface area (Å²) in [5, 5.41) is 8.76. The number of esters is 1. The molecule has 2 saturated heterocycles. The highest BCUT2D eigenvalue weighted by Crippen LogP contribution is 2.30. The van der Waals surface area contributed by atoms with Gasteiger partial charge in [0.1, 0.15) is 12.2 Å². The molecule has 2 aliphatic heterocycles. The Morgan fingerprint density at radius 1 is 1.60 bits per heavy atom. The van der Waals surface area contributed by atoms with E-state index >= 15 is 0 Å². The molecule has 0 aromatic heterocycles. The zero-order valence-electron chi connectivity index (χ0n) is 5.32. The first kappa shape index (κ1) is 6.12. The summed E-state index contributed by atoms with van der Waals surface area (Å²) in [6, 6.07) is 0. The fraction of sp³-hybridized carbons (Fsp3) is 0.833.